The summed E-state index contributed by atoms with van der Waals surface area (Å²) in [6.45, 7) is 3.08. The largest absolute Gasteiger partial charge is 0.490 e. The van der Waals surface area contributed by atoms with Gasteiger partial charge in [-0.05, 0) is 36.4 Å². The van der Waals surface area contributed by atoms with Crippen LogP contribution in [0.15, 0.2) is 53.1 Å². The number of hydrogen-bond acceptors (Lipinski definition) is 5. The molecule has 4 rings (SSSR count). The maximum Gasteiger partial charge on any atom is 0.253 e. The Morgan fingerprint density at radius 3 is 2.39 bits per heavy atom. The molecule has 0 unspecified atom stereocenters. The van der Waals surface area contributed by atoms with Crippen LogP contribution in [0.5, 0.6) is 5.75 Å². The molecule has 0 saturated carbocycles. The molecular formula is C21H20ClN3O3. The summed E-state index contributed by atoms with van der Waals surface area (Å²) in [6, 6.07) is 14.7. The van der Waals surface area contributed by atoms with E-state index in [9.17, 15) is 4.79 Å². The van der Waals surface area contributed by atoms with Crippen LogP contribution in [0.4, 0.5) is 0 Å². The van der Waals surface area contributed by atoms with Crippen LogP contribution in [-0.2, 0) is 0 Å². The molecule has 0 radical (unpaired) electrons. The topological polar surface area (TPSA) is 68.5 Å². The Morgan fingerprint density at radius 2 is 1.79 bits per heavy atom. The summed E-state index contributed by atoms with van der Waals surface area (Å²) in [5, 5.41) is 4.58. The first-order chi connectivity index (χ1) is 13.6. The van der Waals surface area contributed by atoms with Crippen molar-refractivity contribution >= 4 is 17.5 Å². The standard InChI is InChI=1S/C21H20ClN3O3/c1-14-23-20(24-28-14)15-2-4-16(5-3-15)21(26)25-12-10-19(11-13-25)27-18-8-6-17(22)7-9-18/h2-9,19H,10-13H2,1H3. The first-order valence-corrected chi connectivity index (χ1v) is 9.58. The molecule has 0 bridgehead atoms. The van der Waals surface area contributed by atoms with Crippen molar-refractivity contribution in [3.8, 4) is 17.1 Å². The van der Waals surface area contributed by atoms with E-state index in [0.29, 0.717) is 35.4 Å². The summed E-state index contributed by atoms with van der Waals surface area (Å²) in [5.41, 5.74) is 1.48. The first kappa shape index (κ1) is 18.5. The molecule has 1 amide bonds. The van der Waals surface area contributed by atoms with Crippen LogP contribution in [0.25, 0.3) is 11.4 Å². The van der Waals surface area contributed by atoms with Crippen molar-refractivity contribution in [2.24, 2.45) is 0 Å². The van der Waals surface area contributed by atoms with Crippen molar-refractivity contribution in [3.05, 3.63) is 65.0 Å². The Labute approximate surface area is 168 Å². The van der Waals surface area contributed by atoms with Gasteiger partial charge in [0.25, 0.3) is 5.91 Å². The van der Waals surface area contributed by atoms with Gasteiger partial charge in [-0.25, -0.2) is 0 Å². The summed E-state index contributed by atoms with van der Waals surface area (Å²) >= 11 is 5.90. The molecule has 1 aliphatic rings. The van der Waals surface area contributed by atoms with E-state index in [-0.39, 0.29) is 12.0 Å². The third-order valence-corrected chi connectivity index (χ3v) is 5.02. The molecule has 0 aliphatic carbocycles. The minimum absolute atomic E-state index is 0.0285. The third-order valence-electron chi connectivity index (χ3n) is 4.76. The molecule has 0 N–H and O–H groups in total. The third kappa shape index (κ3) is 4.17. The van der Waals surface area contributed by atoms with Crippen LogP contribution in [0.3, 0.4) is 0 Å². The molecule has 1 aliphatic heterocycles. The molecule has 3 aromatic rings. The second-order valence-electron chi connectivity index (χ2n) is 6.78. The van der Waals surface area contributed by atoms with Crippen LogP contribution in [0, 0.1) is 6.92 Å². The lowest BCUT2D eigenvalue weighted by Crippen LogP contribution is -2.41. The van der Waals surface area contributed by atoms with Gasteiger partial charge in [0.2, 0.25) is 11.7 Å². The predicted molar refractivity (Wildman–Crippen MR) is 105 cm³/mol. The van der Waals surface area contributed by atoms with Gasteiger partial charge in [0.15, 0.2) is 0 Å². The van der Waals surface area contributed by atoms with Crippen molar-refractivity contribution < 1.29 is 14.1 Å². The zero-order chi connectivity index (χ0) is 19.5. The number of amides is 1. The number of nitrogens with zero attached hydrogens (tertiary/aromatic N) is 3. The minimum Gasteiger partial charge on any atom is -0.490 e. The Morgan fingerprint density at radius 1 is 1.11 bits per heavy atom. The highest BCUT2D eigenvalue weighted by Gasteiger charge is 2.24. The maximum atomic E-state index is 12.8. The Hall–Kier alpha value is -2.86. The number of aromatic nitrogens is 2. The van der Waals surface area contributed by atoms with Gasteiger partial charge in [0.05, 0.1) is 0 Å². The SMILES string of the molecule is Cc1nc(-c2ccc(C(=O)N3CCC(Oc4ccc(Cl)cc4)CC3)cc2)no1. The predicted octanol–water partition coefficient (Wildman–Crippen LogP) is 4.38. The van der Waals surface area contributed by atoms with E-state index in [0.717, 1.165) is 24.2 Å². The normalized spacial score (nSPS) is 14.9. The van der Waals surface area contributed by atoms with Gasteiger partial charge in [0.1, 0.15) is 11.9 Å². The number of halogens is 1. The number of carbonyl (C=O) groups excluding carboxylic acids is 1. The molecule has 1 saturated heterocycles. The number of rotatable bonds is 4. The quantitative estimate of drug-likeness (QED) is 0.653. The van der Waals surface area contributed by atoms with Crippen LogP contribution >= 0.6 is 11.6 Å². The van der Waals surface area contributed by atoms with E-state index < -0.39 is 0 Å². The fourth-order valence-corrected chi connectivity index (χ4v) is 3.37. The highest BCUT2D eigenvalue weighted by Crippen LogP contribution is 2.23. The first-order valence-electron chi connectivity index (χ1n) is 9.21. The second kappa shape index (κ2) is 8.02. The highest BCUT2D eigenvalue weighted by molar-refractivity contribution is 6.30. The number of hydrogen-bond donors (Lipinski definition) is 0. The summed E-state index contributed by atoms with van der Waals surface area (Å²) < 4.78 is 11.0. The Kier molecular flexibility index (Phi) is 5.30. The summed E-state index contributed by atoms with van der Waals surface area (Å²) in [4.78, 5) is 18.8. The van der Waals surface area contributed by atoms with Crippen molar-refractivity contribution in [1.29, 1.82) is 0 Å². The van der Waals surface area contributed by atoms with Crippen LogP contribution in [-0.4, -0.2) is 40.1 Å². The van der Waals surface area contributed by atoms with Gasteiger partial charge in [0, 0.05) is 49.0 Å². The van der Waals surface area contributed by atoms with Crippen molar-refractivity contribution in [1.82, 2.24) is 15.0 Å². The maximum absolute atomic E-state index is 12.8. The number of benzene rings is 2. The molecule has 7 heteroatoms. The van der Waals surface area contributed by atoms with E-state index in [1.54, 1.807) is 19.1 Å². The van der Waals surface area contributed by atoms with Gasteiger partial charge in [-0.2, -0.15) is 4.98 Å². The lowest BCUT2D eigenvalue weighted by molar-refractivity contribution is 0.0595. The van der Waals surface area contributed by atoms with Gasteiger partial charge >= 0.3 is 0 Å². The lowest BCUT2D eigenvalue weighted by Gasteiger charge is -2.32. The zero-order valence-electron chi connectivity index (χ0n) is 15.5. The molecule has 0 atom stereocenters. The summed E-state index contributed by atoms with van der Waals surface area (Å²) in [5.74, 6) is 1.87. The number of carbonyl (C=O) groups is 1. The molecule has 6 nitrogen and oxygen atoms in total. The molecule has 0 spiro atoms. The monoisotopic (exact) mass is 397 g/mol. The van der Waals surface area contributed by atoms with Crippen LogP contribution in [0.2, 0.25) is 5.02 Å². The lowest BCUT2D eigenvalue weighted by atomic mass is 10.1. The summed E-state index contributed by atoms with van der Waals surface area (Å²) in [6.07, 6.45) is 1.71. The molecular weight excluding hydrogens is 378 g/mol. The van der Waals surface area contributed by atoms with Gasteiger partial charge in [-0.3, -0.25) is 4.79 Å². The van der Waals surface area contributed by atoms with E-state index in [1.807, 2.05) is 41.3 Å². The number of piperidine rings is 1. The smallest absolute Gasteiger partial charge is 0.253 e. The molecule has 2 heterocycles. The Bertz CT molecular complexity index is 946. The molecule has 1 fully saturated rings. The minimum atomic E-state index is 0.0285. The van der Waals surface area contributed by atoms with Gasteiger partial charge < -0.3 is 14.2 Å². The van der Waals surface area contributed by atoms with Crippen LogP contribution < -0.4 is 4.74 Å². The Balaban J connectivity index is 1.34. The number of likely N-dealkylation sites (tertiary alicyclic amines) is 1. The van der Waals surface area contributed by atoms with Crippen molar-refractivity contribution in [2.75, 3.05) is 13.1 Å². The fourth-order valence-electron chi connectivity index (χ4n) is 3.24. The van der Waals surface area contributed by atoms with Crippen molar-refractivity contribution in [2.45, 2.75) is 25.9 Å². The average Bonchev–Trinajstić information content (AvgIpc) is 3.16. The molecule has 28 heavy (non-hydrogen) atoms. The van der Waals surface area contributed by atoms with Gasteiger partial charge in [-0.15, -0.1) is 0 Å². The van der Waals surface area contributed by atoms with Crippen LogP contribution in [0.1, 0.15) is 29.1 Å². The van der Waals surface area contributed by atoms with E-state index >= 15 is 0 Å². The number of aryl methyl sites for hydroxylation is 1. The molecule has 144 valence electrons. The summed E-state index contributed by atoms with van der Waals surface area (Å²) in [7, 11) is 0. The fraction of sp³-hybridized carbons (Fsp3) is 0.286. The number of ether oxygens (including phenoxy) is 1. The molecule has 2 aromatic carbocycles. The zero-order valence-corrected chi connectivity index (χ0v) is 16.2. The average molecular weight is 398 g/mol. The van der Waals surface area contributed by atoms with Crippen molar-refractivity contribution in [3.63, 3.8) is 0 Å². The van der Waals surface area contributed by atoms with E-state index in [2.05, 4.69) is 10.1 Å². The van der Waals surface area contributed by atoms with Gasteiger partial charge in [-0.1, -0.05) is 28.9 Å². The van der Waals surface area contributed by atoms with E-state index in [4.69, 9.17) is 20.9 Å². The molecule has 1 aromatic heterocycles. The highest BCUT2D eigenvalue weighted by atomic mass is 35.5. The second-order valence-corrected chi connectivity index (χ2v) is 7.21. The van der Waals surface area contributed by atoms with E-state index in [1.165, 1.54) is 0 Å².